The van der Waals surface area contributed by atoms with Crippen LogP contribution in [0.25, 0.3) is 0 Å². The molecule has 10 heteroatoms. The minimum atomic E-state index is -1.06. The fourth-order valence-corrected chi connectivity index (χ4v) is 2.09. The van der Waals surface area contributed by atoms with Gasteiger partial charge in [-0.25, -0.2) is 4.79 Å². The molecule has 0 spiro atoms. The van der Waals surface area contributed by atoms with Gasteiger partial charge >= 0.3 is 5.97 Å². The van der Waals surface area contributed by atoms with E-state index < -0.39 is 17.9 Å². The first-order valence-corrected chi connectivity index (χ1v) is 7.74. The van der Waals surface area contributed by atoms with Crippen molar-refractivity contribution >= 4 is 23.5 Å². The molecular formula is C15H20N6O4. The average molecular weight is 348 g/mol. The molecule has 10 nitrogen and oxygen atoms in total. The minimum Gasteiger partial charge on any atom is -0.480 e. The summed E-state index contributed by atoms with van der Waals surface area (Å²) in [6.07, 6.45) is 3.56. The molecule has 0 aliphatic heterocycles. The van der Waals surface area contributed by atoms with Crippen molar-refractivity contribution in [1.29, 1.82) is 0 Å². The Kier molecular flexibility index (Phi) is 5.52. The van der Waals surface area contributed by atoms with Crippen LogP contribution < -0.4 is 10.6 Å². The van der Waals surface area contributed by atoms with Crippen LogP contribution >= 0.6 is 0 Å². The molecule has 0 aliphatic carbocycles. The molecule has 0 saturated heterocycles. The molecule has 2 amide bonds. The van der Waals surface area contributed by atoms with Crippen LogP contribution in [-0.4, -0.2) is 49.0 Å². The normalized spacial score (nSPS) is 11.8. The lowest BCUT2D eigenvalue weighted by atomic mass is 10.3. The second-order valence-corrected chi connectivity index (χ2v) is 5.44. The fourth-order valence-electron chi connectivity index (χ4n) is 2.09. The molecule has 0 fully saturated rings. The summed E-state index contributed by atoms with van der Waals surface area (Å²) in [4.78, 5) is 35.5. The summed E-state index contributed by atoms with van der Waals surface area (Å²) in [6.45, 7) is 3.89. The highest BCUT2D eigenvalue weighted by Gasteiger charge is 2.21. The summed E-state index contributed by atoms with van der Waals surface area (Å²) < 4.78 is 2.54. The predicted octanol–water partition coefficient (Wildman–Crippen LogP) is 0.654. The van der Waals surface area contributed by atoms with Crippen LogP contribution in [0.1, 0.15) is 47.3 Å². The number of carbonyl (C=O) groups is 3. The van der Waals surface area contributed by atoms with Crippen molar-refractivity contribution in [3.05, 3.63) is 29.8 Å². The largest absolute Gasteiger partial charge is 0.480 e. The number of rotatable bonds is 7. The van der Waals surface area contributed by atoms with Gasteiger partial charge in [-0.15, -0.1) is 0 Å². The highest BCUT2D eigenvalue weighted by atomic mass is 16.4. The smallest absolute Gasteiger partial charge is 0.328 e. The number of carboxylic acids is 1. The van der Waals surface area contributed by atoms with Crippen LogP contribution in [0.15, 0.2) is 18.5 Å². The van der Waals surface area contributed by atoms with Crippen LogP contribution in [0.3, 0.4) is 0 Å². The molecular weight excluding hydrogens is 328 g/mol. The highest BCUT2D eigenvalue weighted by Crippen LogP contribution is 2.15. The first-order chi connectivity index (χ1) is 11.8. The first kappa shape index (κ1) is 18.2. The second-order valence-electron chi connectivity index (χ2n) is 5.44. The van der Waals surface area contributed by atoms with E-state index in [1.165, 1.54) is 34.7 Å². The van der Waals surface area contributed by atoms with Crippen molar-refractivity contribution in [2.75, 3.05) is 11.9 Å². The lowest BCUT2D eigenvalue weighted by Crippen LogP contribution is -2.27. The van der Waals surface area contributed by atoms with E-state index in [1.807, 2.05) is 6.92 Å². The standard InChI is InChI=1S/C15H20N6O4/c1-4-6-16-14(23)12-11(8-17-20(12)3)18-13(22)10-5-7-21(19-10)9(2)15(24)25/h5,7-9H,4,6H2,1-3H3,(H,16,23)(H,18,22)(H,24,25). The topological polar surface area (TPSA) is 131 Å². The zero-order valence-corrected chi connectivity index (χ0v) is 14.2. The predicted molar refractivity (Wildman–Crippen MR) is 88.4 cm³/mol. The Morgan fingerprint density at radius 3 is 2.68 bits per heavy atom. The van der Waals surface area contributed by atoms with E-state index in [-0.39, 0.29) is 23.0 Å². The minimum absolute atomic E-state index is 0.0388. The molecule has 1 unspecified atom stereocenters. The third kappa shape index (κ3) is 4.03. The third-order valence-corrected chi connectivity index (χ3v) is 3.53. The quantitative estimate of drug-likeness (QED) is 0.673. The van der Waals surface area contributed by atoms with Crippen LogP contribution in [0.2, 0.25) is 0 Å². The number of nitrogens with zero attached hydrogens (tertiary/aromatic N) is 4. The van der Waals surface area contributed by atoms with Gasteiger partial charge in [-0.1, -0.05) is 6.92 Å². The van der Waals surface area contributed by atoms with Gasteiger partial charge in [-0.05, 0) is 19.4 Å². The van der Waals surface area contributed by atoms with Gasteiger partial charge in [0.25, 0.3) is 11.8 Å². The molecule has 2 aromatic heterocycles. The van der Waals surface area contributed by atoms with Crippen molar-refractivity contribution < 1.29 is 19.5 Å². The second kappa shape index (κ2) is 7.60. The van der Waals surface area contributed by atoms with E-state index >= 15 is 0 Å². The Bertz CT molecular complexity index is 794. The first-order valence-electron chi connectivity index (χ1n) is 7.74. The maximum atomic E-state index is 12.3. The van der Waals surface area contributed by atoms with Crippen molar-refractivity contribution in [3.8, 4) is 0 Å². The van der Waals surface area contributed by atoms with Crippen molar-refractivity contribution in [3.63, 3.8) is 0 Å². The molecule has 3 N–H and O–H groups in total. The molecule has 0 radical (unpaired) electrons. The van der Waals surface area contributed by atoms with Crippen molar-refractivity contribution in [2.24, 2.45) is 7.05 Å². The molecule has 2 aromatic rings. The summed E-state index contributed by atoms with van der Waals surface area (Å²) in [5.41, 5.74) is 0.513. The average Bonchev–Trinajstić information content (AvgIpc) is 3.19. The van der Waals surface area contributed by atoms with E-state index in [9.17, 15) is 14.4 Å². The maximum Gasteiger partial charge on any atom is 0.328 e. The van der Waals surface area contributed by atoms with E-state index in [0.29, 0.717) is 6.54 Å². The van der Waals surface area contributed by atoms with Gasteiger partial charge in [-0.2, -0.15) is 10.2 Å². The Labute approximate surface area is 143 Å². The zero-order chi connectivity index (χ0) is 18.6. The Balaban J connectivity index is 2.16. The van der Waals surface area contributed by atoms with Crippen LogP contribution in [0, 0.1) is 0 Å². The van der Waals surface area contributed by atoms with Crippen LogP contribution in [0.4, 0.5) is 5.69 Å². The summed E-state index contributed by atoms with van der Waals surface area (Å²) in [5.74, 6) is -1.96. The lowest BCUT2D eigenvalue weighted by Gasteiger charge is -2.08. The number of hydrogen-bond acceptors (Lipinski definition) is 5. The molecule has 1 atom stereocenters. The number of anilines is 1. The molecule has 0 saturated carbocycles. The molecule has 2 heterocycles. The van der Waals surface area contributed by atoms with Crippen molar-refractivity contribution in [2.45, 2.75) is 26.3 Å². The number of nitrogens with one attached hydrogen (secondary N) is 2. The lowest BCUT2D eigenvalue weighted by molar-refractivity contribution is -0.140. The third-order valence-electron chi connectivity index (χ3n) is 3.53. The summed E-state index contributed by atoms with van der Waals surface area (Å²) in [6, 6.07) is 0.512. The number of carbonyl (C=O) groups excluding carboxylic acids is 2. The fraction of sp³-hybridized carbons (Fsp3) is 0.400. The Morgan fingerprint density at radius 2 is 2.04 bits per heavy atom. The number of aromatic nitrogens is 4. The SMILES string of the molecule is CCCNC(=O)c1c(NC(=O)c2ccn(C(C)C(=O)O)n2)cnn1C. The van der Waals surface area contributed by atoms with Crippen LogP contribution in [0.5, 0.6) is 0 Å². The Morgan fingerprint density at radius 1 is 1.32 bits per heavy atom. The monoisotopic (exact) mass is 348 g/mol. The maximum absolute atomic E-state index is 12.3. The summed E-state index contributed by atoms with van der Waals surface area (Å²) in [7, 11) is 1.60. The number of hydrogen-bond donors (Lipinski definition) is 3. The molecule has 134 valence electrons. The zero-order valence-electron chi connectivity index (χ0n) is 14.2. The van der Waals surface area contributed by atoms with Gasteiger partial charge < -0.3 is 15.7 Å². The summed E-state index contributed by atoms with van der Waals surface area (Å²) in [5, 5.41) is 22.2. The molecule has 25 heavy (non-hydrogen) atoms. The number of aryl methyl sites for hydroxylation is 1. The van der Waals surface area contributed by atoms with Gasteiger partial charge in [0.05, 0.1) is 11.9 Å². The van der Waals surface area contributed by atoms with Gasteiger partial charge in [0.2, 0.25) is 0 Å². The number of aliphatic carboxylic acids is 1. The number of carboxylic acid groups (broad SMARTS) is 1. The molecule has 0 bridgehead atoms. The van der Waals surface area contributed by atoms with Gasteiger partial charge in [0.1, 0.15) is 11.7 Å². The van der Waals surface area contributed by atoms with Gasteiger partial charge in [0.15, 0.2) is 5.69 Å². The van der Waals surface area contributed by atoms with Crippen LogP contribution in [-0.2, 0) is 11.8 Å². The number of amides is 2. The summed E-state index contributed by atoms with van der Waals surface area (Å²) >= 11 is 0. The van der Waals surface area contributed by atoms with E-state index in [4.69, 9.17) is 5.11 Å². The molecule has 0 aliphatic rings. The highest BCUT2D eigenvalue weighted by molar-refractivity contribution is 6.07. The molecule has 2 rings (SSSR count). The Hall–Kier alpha value is -3.17. The van der Waals surface area contributed by atoms with Gasteiger partial charge in [0, 0.05) is 19.8 Å². The molecule has 0 aromatic carbocycles. The van der Waals surface area contributed by atoms with Gasteiger partial charge in [-0.3, -0.25) is 19.0 Å². The van der Waals surface area contributed by atoms with E-state index in [0.717, 1.165) is 6.42 Å². The van der Waals surface area contributed by atoms with Crippen molar-refractivity contribution in [1.82, 2.24) is 24.9 Å². The van der Waals surface area contributed by atoms with E-state index in [2.05, 4.69) is 20.8 Å². The van der Waals surface area contributed by atoms with E-state index in [1.54, 1.807) is 7.05 Å².